The minimum Gasteiger partial charge on any atom is -0.382 e. The predicted octanol–water partition coefficient (Wildman–Crippen LogP) is 2.44. The fraction of sp³-hybridized carbons (Fsp3) is 0.917. The van der Waals surface area contributed by atoms with Crippen molar-refractivity contribution in [2.75, 3.05) is 0 Å². The third-order valence-corrected chi connectivity index (χ3v) is 3.87. The molecule has 2 heteroatoms. The lowest BCUT2D eigenvalue weighted by molar-refractivity contribution is -0.147. The summed E-state index contributed by atoms with van der Waals surface area (Å²) in [5.74, 6) is 0.331. The third kappa shape index (κ3) is 1.85. The van der Waals surface area contributed by atoms with Gasteiger partial charge in [0.05, 0.1) is 0 Å². The Bertz CT molecular complexity index is 224. The van der Waals surface area contributed by atoms with Gasteiger partial charge in [-0.05, 0) is 32.1 Å². The molecule has 0 spiro atoms. The third-order valence-electron chi connectivity index (χ3n) is 3.87. The molecule has 2 aliphatic rings. The molecule has 2 atom stereocenters. The van der Waals surface area contributed by atoms with Crippen LogP contribution in [-0.2, 0) is 4.79 Å². The molecule has 0 radical (unpaired) electrons. The van der Waals surface area contributed by atoms with Gasteiger partial charge in [0.1, 0.15) is 5.60 Å². The zero-order valence-electron chi connectivity index (χ0n) is 8.80. The number of fused-ring (bicyclic) bond motifs is 2. The van der Waals surface area contributed by atoms with Gasteiger partial charge in [-0.25, -0.2) is 0 Å². The molecule has 0 unspecified atom stereocenters. The number of rotatable bonds is 0. The molecule has 2 nitrogen and oxygen atoms in total. The number of carbonyl (C=O) groups excluding carboxylic acids is 1. The average molecular weight is 196 g/mol. The van der Waals surface area contributed by atoms with E-state index in [2.05, 4.69) is 0 Å². The second kappa shape index (κ2) is 4.01. The normalized spacial score (nSPS) is 39.8. The van der Waals surface area contributed by atoms with Gasteiger partial charge in [0.2, 0.25) is 0 Å². The Labute approximate surface area is 85.7 Å². The van der Waals surface area contributed by atoms with Crippen molar-refractivity contribution in [2.24, 2.45) is 5.92 Å². The van der Waals surface area contributed by atoms with E-state index < -0.39 is 5.60 Å². The largest absolute Gasteiger partial charge is 0.382 e. The van der Waals surface area contributed by atoms with Crippen molar-refractivity contribution < 1.29 is 9.90 Å². The molecule has 80 valence electrons. The summed E-state index contributed by atoms with van der Waals surface area (Å²) in [6, 6.07) is 0. The van der Waals surface area contributed by atoms with Crippen LogP contribution in [0, 0.1) is 5.92 Å². The van der Waals surface area contributed by atoms with Crippen LogP contribution in [0.25, 0.3) is 0 Å². The van der Waals surface area contributed by atoms with Gasteiger partial charge in [0.25, 0.3) is 0 Å². The van der Waals surface area contributed by atoms with Gasteiger partial charge < -0.3 is 5.11 Å². The molecule has 2 aliphatic carbocycles. The summed E-state index contributed by atoms with van der Waals surface area (Å²) in [6.07, 6.45) is 9.10. The van der Waals surface area contributed by atoms with Crippen molar-refractivity contribution in [1.82, 2.24) is 0 Å². The van der Waals surface area contributed by atoms with Crippen molar-refractivity contribution in [2.45, 2.75) is 63.4 Å². The molecule has 0 aromatic carbocycles. The number of ketones is 1. The molecule has 2 rings (SSSR count). The molecule has 14 heavy (non-hydrogen) atoms. The SMILES string of the molecule is O=C1[C@H]2CCCCCC[C@]1(O)CCC2. The van der Waals surface area contributed by atoms with Gasteiger partial charge in [-0.3, -0.25) is 4.79 Å². The maximum Gasteiger partial charge on any atom is 0.167 e. The van der Waals surface area contributed by atoms with Crippen LogP contribution >= 0.6 is 0 Å². The highest BCUT2D eigenvalue weighted by atomic mass is 16.3. The average Bonchev–Trinajstić information content (AvgIpc) is 2.22. The molecular weight excluding hydrogens is 176 g/mol. The maximum atomic E-state index is 12.0. The zero-order valence-corrected chi connectivity index (χ0v) is 8.80. The number of aliphatic hydroxyl groups is 1. The van der Waals surface area contributed by atoms with E-state index in [4.69, 9.17) is 0 Å². The van der Waals surface area contributed by atoms with Crippen molar-refractivity contribution in [3.8, 4) is 0 Å². The Kier molecular flexibility index (Phi) is 2.91. The van der Waals surface area contributed by atoms with E-state index in [1.54, 1.807) is 0 Å². The van der Waals surface area contributed by atoms with Crippen LogP contribution in [0.3, 0.4) is 0 Å². The Hall–Kier alpha value is -0.370. The van der Waals surface area contributed by atoms with Crippen LogP contribution in [-0.4, -0.2) is 16.5 Å². The van der Waals surface area contributed by atoms with Crippen molar-refractivity contribution in [3.63, 3.8) is 0 Å². The molecule has 2 fully saturated rings. The minimum absolute atomic E-state index is 0.158. The summed E-state index contributed by atoms with van der Waals surface area (Å²) in [5.41, 5.74) is -0.937. The van der Waals surface area contributed by atoms with E-state index >= 15 is 0 Å². The van der Waals surface area contributed by atoms with Crippen LogP contribution in [0.4, 0.5) is 0 Å². The van der Waals surface area contributed by atoms with Crippen LogP contribution in [0.1, 0.15) is 57.8 Å². The lowest BCUT2D eigenvalue weighted by atomic mass is 9.74. The molecule has 2 saturated carbocycles. The lowest BCUT2D eigenvalue weighted by Gasteiger charge is -2.34. The summed E-state index contributed by atoms with van der Waals surface area (Å²) >= 11 is 0. The number of Topliss-reactive ketones (excluding diaryl/α,β-unsaturated/α-hetero) is 1. The Morgan fingerprint density at radius 2 is 1.64 bits per heavy atom. The highest BCUT2D eigenvalue weighted by Gasteiger charge is 2.42. The van der Waals surface area contributed by atoms with E-state index in [1.165, 1.54) is 19.3 Å². The van der Waals surface area contributed by atoms with Crippen molar-refractivity contribution in [1.29, 1.82) is 0 Å². The lowest BCUT2D eigenvalue weighted by Crippen LogP contribution is -2.45. The molecular formula is C12H20O2. The van der Waals surface area contributed by atoms with E-state index in [9.17, 15) is 9.90 Å². The second-order valence-corrected chi connectivity index (χ2v) is 4.94. The van der Waals surface area contributed by atoms with Gasteiger partial charge in [-0.15, -0.1) is 0 Å². The summed E-state index contributed by atoms with van der Waals surface area (Å²) < 4.78 is 0. The maximum absolute atomic E-state index is 12.0. The molecule has 0 amide bonds. The Balaban J connectivity index is 2.15. The molecule has 0 heterocycles. The van der Waals surface area contributed by atoms with Crippen molar-refractivity contribution >= 4 is 5.78 Å². The summed E-state index contributed by atoms with van der Waals surface area (Å²) in [5, 5.41) is 10.3. The molecule has 0 aromatic rings. The van der Waals surface area contributed by atoms with Gasteiger partial charge in [0, 0.05) is 5.92 Å². The van der Waals surface area contributed by atoms with E-state index in [0.29, 0.717) is 12.8 Å². The predicted molar refractivity (Wildman–Crippen MR) is 55.0 cm³/mol. The highest BCUT2D eigenvalue weighted by molar-refractivity contribution is 5.89. The minimum atomic E-state index is -0.937. The molecule has 1 N–H and O–H groups in total. The monoisotopic (exact) mass is 196 g/mol. The van der Waals surface area contributed by atoms with E-state index in [-0.39, 0.29) is 11.7 Å². The number of hydrogen-bond acceptors (Lipinski definition) is 2. The fourth-order valence-corrected chi connectivity index (χ4v) is 2.96. The van der Waals surface area contributed by atoms with E-state index in [0.717, 1.165) is 25.7 Å². The smallest absolute Gasteiger partial charge is 0.167 e. The van der Waals surface area contributed by atoms with Crippen LogP contribution in [0.5, 0.6) is 0 Å². The van der Waals surface area contributed by atoms with Crippen molar-refractivity contribution in [3.05, 3.63) is 0 Å². The quantitative estimate of drug-likeness (QED) is 0.646. The van der Waals surface area contributed by atoms with E-state index in [1.807, 2.05) is 0 Å². The second-order valence-electron chi connectivity index (χ2n) is 4.94. The van der Waals surface area contributed by atoms with Gasteiger partial charge in [-0.2, -0.15) is 0 Å². The van der Waals surface area contributed by atoms with Gasteiger partial charge in [-0.1, -0.05) is 25.7 Å². The number of carbonyl (C=O) groups is 1. The van der Waals surface area contributed by atoms with Crippen LogP contribution in [0.2, 0.25) is 0 Å². The summed E-state index contributed by atoms with van der Waals surface area (Å²) in [6.45, 7) is 0. The molecule has 0 aromatic heterocycles. The standard InChI is InChI=1S/C12H20O2/c13-11-10-6-3-1-2-4-8-12(11,14)9-5-7-10/h10,14H,1-9H2/t10-,12-/m0/s1. The molecule has 0 aliphatic heterocycles. The highest BCUT2D eigenvalue weighted by Crippen LogP contribution is 2.36. The first kappa shape index (κ1) is 10.2. The first-order valence-electron chi connectivity index (χ1n) is 5.99. The topological polar surface area (TPSA) is 37.3 Å². The molecule has 2 bridgehead atoms. The Morgan fingerprint density at radius 3 is 2.50 bits per heavy atom. The first-order valence-corrected chi connectivity index (χ1v) is 5.99. The summed E-state index contributed by atoms with van der Waals surface area (Å²) in [4.78, 5) is 12.0. The zero-order chi connectivity index (χ0) is 10.0. The molecule has 0 saturated heterocycles. The Morgan fingerprint density at radius 1 is 1.00 bits per heavy atom. The number of hydrogen-bond donors (Lipinski definition) is 1. The van der Waals surface area contributed by atoms with Crippen LogP contribution in [0.15, 0.2) is 0 Å². The summed E-state index contributed by atoms with van der Waals surface area (Å²) in [7, 11) is 0. The fourth-order valence-electron chi connectivity index (χ4n) is 2.96. The van der Waals surface area contributed by atoms with Gasteiger partial charge >= 0.3 is 0 Å². The first-order chi connectivity index (χ1) is 6.72. The van der Waals surface area contributed by atoms with Gasteiger partial charge in [0.15, 0.2) is 5.78 Å². The van der Waals surface area contributed by atoms with Crippen LogP contribution < -0.4 is 0 Å².